The fourth-order valence-electron chi connectivity index (χ4n) is 2.86. The van der Waals surface area contributed by atoms with Crippen LogP contribution in [0, 0.1) is 10.1 Å². The normalized spacial score (nSPS) is 11.1. The minimum absolute atomic E-state index is 0.110. The number of ether oxygens (including phenoxy) is 2. The number of rotatable bonds is 9. The Morgan fingerprint density at radius 2 is 1.90 bits per heavy atom. The monoisotopic (exact) mass is 434 g/mol. The van der Waals surface area contributed by atoms with Gasteiger partial charge in [0.05, 0.1) is 30.5 Å². The van der Waals surface area contributed by atoms with E-state index in [1.54, 1.807) is 19.2 Å². The molecule has 30 heavy (non-hydrogen) atoms. The van der Waals surface area contributed by atoms with E-state index in [0.717, 1.165) is 11.2 Å². The molecule has 1 aromatic carbocycles. The van der Waals surface area contributed by atoms with Crippen LogP contribution < -0.4 is 14.4 Å². The summed E-state index contributed by atoms with van der Waals surface area (Å²) in [5, 5.41) is 11.4. The third-order valence-electron chi connectivity index (χ3n) is 4.33. The van der Waals surface area contributed by atoms with Crippen LogP contribution in [-0.4, -0.2) is 62.1 Å². The Kier molecular flexibility index (Phi) is 6.53. The van der Waals surface area contributed by atoms with E-state index < -0.39 is 16.7 Å². The van der Waals surface area contributed by atoms with E-state index in [9.17, 15) is 14.9 Å². The SMILES string of the molecule is COc1cc2nc(N(CCCN(C)C)C(=O)c3ccc([N+](=O)[O-])o3)sc2cc1OC. The lowest BCUT2D eigenvalue weighted by Crippen LogP contribution is -2.33. The molecule has 10 nitrogen and oxygen atoms in total. The molecule has 2 aromatic heterocycles. The Bertz CT molecular complexity index is 1020. The average molecular weight is 434 g/mol. The van der Waals surface area contributed by atoms with E-state index >= 15 is 0 Å². The molecule has 0 saturated heterocycles. The van der Waals surface area contributed by atoms with Crippen molar-refractivity contribution in [3.8, 4) is 11.5 Å². The predicted molar refractivity (Wildman–Crippen MR) is 113 cm³/mol. The number of amides is 1. The van der Waals surface area contributed by atoms with Crippen LogP contribution in [0.4, 0.5) is 11.0 Å². The van der Waals surface area contributed by atoms with Crippen molar-refractivity contribution in [3.63, 3.8) is 0 Å². The van der Waals surface area contributed by atoms with Gasteiger partial charge in [0.25, 0.3) is 5.91 Å². The summed E-state index contributed by atoms with van der Waals surface area (Å²) >= 11 is 1.32. The highest BCUT2D eigenvalue weighted by atomic mass is 32.1. The topological polar surface area (TPSA) is 111 Å². The predicted octanol–water partition coefficient (Wildman–Crippen LogP) is 3.41. The summed E-state index contributed by atoms with van der Waals surface area (Å²) < 4.78 is 16.6. The molecule has 0 atom stereocenters. The summed E-state index contributed by atoms with van der Waals surface area (Å²) in [6.07, 6.45) is 0.685. The van der Waals surface area contributed by atoms with Crippen molar-refractivity contribution >= 4 is 38.5 Å². The number of carbonyl (C=O) groups is 1. The van der Waals surface area contributed by atoms with Crippen LogP contribution in [0.2, 0.25) is 0 Å². The molecule has 11 heteroatoms. The number of hydrogen-bond donors (Lipinski definition) is 0. The third-order valence-corrected chi connectivity index (χ3v) is 5.37. The molecule has 0 aliphatic heterocycles. The first kappa shape index (κ1) is 21.5. The van der Waals surface area contributed by atoms with E-state index in [1.165, 1.54) is 35.5 Å². The number of thiazole rings is 1. The maximum absolute atomic E-state index is 13.1. The molecule has 0 aliphatic rings. The smallest absolute Gasteiger partial charge is 0.433 e. The minimum atomic E-state index is -0.677. The zero-order valence-corrected chi connectivity index (χ0v) is 17.9. The van der Waals surface area contributed by atoms with E-state index in [1.807, 2.05) is 19.0 Å². The Hall–Kier alpha value is -3.18. The number of aromatic nitrogens is 1. The van der Waals surface area contributed by atoms with Crippen LogP contribution >= 0.6 is 11.3 Å². The van der Waals surface area contributed by atoms with Crippen LogP contribution in [-0.2, 0) is 0 Å². The first-order chi connectivity index (χ1) is 14.3. The summed E-state index contributed by atoms with van der Waals surface area (Å²) in [7, 11) is 6.97. The highest BCUT2D eigenvalue weighted by Gasteiger charge is 2.26. The standard InChI is InChI=1S/C19H22N4O6S/c1-21(2)8-5-9-22(18(24)13-6-7-17(29-13)23(25)26)19-20-12-10-14(27-3)15(28-4)11-16(12)30-19/h6-7,10-11H,5,8-9H2,1-4H3. The third kappa shape index (κ3) is 4.52. The summed E-state index contributed by atoms with van der Waals surface area (Å²) in [6.45, 7) is 1.13. The second kappa shape index (κ2) is 9.09. The molecule has 0 bridgehead atoms. The highest BCUT2D eigenvalue weighted by Crippen LogP contribution is 2.37. The lowest BCUT2D eigenvalue weighted by molar-refractivity contribution is -0.402. The molecule has 3 aromatic rings. The Morgan fingerprint density at radius 3 is 2.50 bits per heavy atom. The van der Waals surface area contributed by atoms with Crippen molar-refractivity contribution < 1.29 is 23.6 Å². The van der Waals surface area contributed by atoms with Crippen molar-refractivity contribution in [1.82, 2.24) is 9.88 Å². The number of hydrogen-bond acceptors (Lipinski definition) is 9. The molecule has 0 unspecified atom stereocenters. The number of nitro groups is 1. The van der Waals surface area contributed by atoms with Crippen LogP contribution in [0.25, 0.3) is 10.2 Å². The van der Waals surface area contributed by atoms with Gasteiger partial charge in [-0.3, -0.25) is 19.8 Å². The van der Waals surface area contributed by atoms with Gasteiger partial charge >= 0.3 is 5.88 Å². The van der Waals surface area contributed by atoms with Crippen molar-refractivity contribution in [1.29, 1.82) is 0 Å². The summed E-state index contributed by atoms with van der Waals surface area (Å²) in [6, 6.07) is 6.02. The Labute approximate surface area is 176 Å². The second-order valence-corrected chi connectivity index (χ2v) is 7.69. The molecule has 0 radical (unpaired) electrons. The minimum Gasteiger partial charge on any atom is -0.493 e. The van der Waals surface area contributed by atoms with Crippen molar-refractivity contribution in [2.24, 2.45) is 0 Å². The number of fused-ring (bicyclic) bond motifs is 1. The van der Waals surface area contributed by atoms with Crippen LogP contribution in [0.3, 0.4) is 0 Å². The summed E-state index contributed by atoms with van der Waals surface area (Å²) in [5.41, 5.74) is 0.656. The second-order valence-electron chi connectivity index (χ2n) is 6.68. The molecule has 2 heterocycles. The van der Waals surface area contributed by atoms with Gasteiger partial charge in [-0.25, -0.2) is 4.98 Å². The van der Waals surface area contributed by atoms with Crippen molar-refractivity contribution in [2.45, 2.75) is 6.42 Å². The first-order valence-electron chi connectivity index (χ1n) is 9.07. The molecular weight excluding hydrogens is 412 g/mol. The van der Waals surface area contributed by atoms with E-state index in [0.29, 0.717) is 35.1 Å². The Balaban J connectivity index is 1.98. The summed E-state index contributed by atoms with van der Waals surface area (Å²) in [4.78, 5) is 31.4. The fraction of sp³-hybridized carbons (Fsp3) is 0.368. The zero-order valence-electron chi connectivity index (χ0n) is 17.1. The van der Waals surface area contributed by atoms with E-state index in [4.69, 9.17) is 13.9 Å². The van der Waals surface area contributed by atoms with Crippen molar-refractivity contribution in [2.75, 3.05) is 46.3 Å². The number of nitrogens with zero attached hydrogens (tertiary/aromatic N) is 4. The van der Waals surface area contributed by atoms with Crippen LogP contribution in [0.15, 0.2) is 28.7 Å². The van der Waals surface area contributed by atoms with E-state index in [-0.39, 0.29) is 5.76 Å². The number of furan rings is 1. The molecular formula is C19H22N4O6S. The zero-order chi connectivity index (χ0) is 21.8. The molecule has 0 saturated carbocycles. The fourth-order valence-corrected chi connectivity index (χ4v) is 3.86. The van der Waals surface area contributed by atoms with Gasteiger partial charge in [-0.05, 0) is 33.1 Å². The molecule has 0 N–H and O–H groups in total. The number of carbonyl (C=O) groups excluding carboxylic acids is 1. The van der Waals surface area contributed by atoms with Crippen molar-refractivity contribution in [3.05, 3.63) is 40.1 Å². The van der Waals surface area contributed by atoms with Gasteiger partial charge in [-0.1, -0.05) is 11.3 Å². The maximum Gasteiger partial charge on any atom is 0.433 e. The highest BCUT2D eigenvalue weighted by molar-refractivity contribution is 7.22. The van der Waals surface area contributed by atoms with Gasteiger partial charge in [-0.15, -0.1) is 0 Å². The van der Waals surface area contributed by atoms with Crippen LogP contribution in [0.1, 0.15) is 17.0 Å². The Morgan fingerprint density at radius 1 is 1.20 bits per heavy atom. The van der Waals surface area contributed by atoms with Gasteiger partial charge < -0.3 is 18.8 Å². The molecule has 1 amide bonds. The van der Waals surface area contributed by atoms with Gasteiger partial charge in [0, 0.05) is 18.7 Å². The number of methoxy groups -OCH3 is 2. The van der Waals surface area contributed by atoms with Crippen LogP contribution in [0.5, 0.6) is 11.5 Å². The van der Waals surface area contributed by atoms with Gasteiger partial charge in [0.15, 0.2) is 22.4 Å². The number of benzene rings is 1. The van der Waals surface area contributed by atoms with Gasteiger partial charge in [0.1, 0.15) is 4.92 Å². The lowest BCUT2D eigenvalue weighted by Gasteiger charge is -2.19. The quantitative estimate of drug-likeness (QED) is 0.372. The van der Waals surface area contributed by atoms with E-state index in [2.05, 4.69) is 4.98 Å². The average Bonchev–Trinajstić information content (AvgIpc) is 3.36. The largest absolute Gasteiger partial charge is 0.493 e. The summed E-state index contributed by atoms with van der Waals surface area (Å²) in [5.74, 6) is 0.0208. The molecule has 3 rings (SSSR count). The van der Waals surface area contributed by atoms with Gasteiger partial charge in [0.2, 0.25) is 0 Å². The molecule has 0 aliphatic carbocycles. The molecule has 0 spiro atoms. The molecule has 160 valence electrons. The first-order valence-corrected chi connectivity index (χ1v) is 9.89. The van der Waals surface area contributed by atoms with Gasteiger partial charge in [-0.2, -0.15) is 0 Å². The molecule has 0 fully saturated rings. The maximum atomic E-state index is 13.1. The number of anilines is 1. The lowest BCUT2D eigenvalue weighted by atomic mass is 10.3.